The maximum Gasteiger partial charge on any atom is 0.238 e. The lowest BCUT2D eigenvalue weighted by atomic mass is 10.1. The van der Waals surface area contributed by atoms with Crippen molar-refractivity contribution in [2.24, 2.45) is 5.92 Å². The van der Waals surface area contributed by atoms with Gasteiger partial charge in [-0.1, -0.05) is 45.0 Å². The van der Waals surface area contributed by atoms with Crippen LogP contribution >= 0.6 is 11.8 Å². The van der Waals surface area contributed by atoms with Crippen LogP contribution < -0.4 is 10.2 Å². The van der Waals surface area contributed by atoms with Crippen molar-refractivity contribution in [1.29, 1.82) is 0 Å². The molecule has 2 amide bonds. The van der Waals surface area contributed by atoms with Crippen LogP contribution in [-0.4, -0.2) is 17.6 Å². The summed E-state index contributed by atoms with van der Waals surface area (Å²) >= 11 is 1.63. The minimum Gasteiger partial charge on any atom is -0.326 e. The molecule has 2 aromatic rings. The molecule has 0 radical (unpaired) electrons. The van der Waals surface area contributed by atoms with Gasteiger partial charge in [-0.15, -0.1) is 11.8 Å². The number of amides is 2. The fourth-order valence-electron chi connectivity index (χ4n) is 2.86. The van der Waals surface area contributed by atoms with Crippen molar-refractivity contribution in [3.05, 3.63) is 59.7 Å². The van der Waals surface area contributed by atoms with Gasteiger partial charge in [0.05, 0.1) is 5.75 Å². The van der Waals surface area contributed by atoms with Crippen LogP contribution in [0, 0.1) is 5.92 Å². The van der Waals surface area contributed by atoms with E-state index < -0.39 is 0 Å². The summed E-state index contributed by atoms with van der Waals surface area (Å²) in [5.74, 6) is 0.549. The second-order valence-corrected chi connectivity index (χ2v) is 7.78. The second-order valence-electron chi connectivity index (χ2n) is 6.71. The number of carbonyl (C=O) groups excluding carboxylic acids is 2. The first-order valence-corrected chi connectivity index (χ1v) is 9.98. The molecule has 1 atom stereocenters. The number of nitrogens with zero attached hydrogens (tertiary/aromatic N) is 1. The van der Waals surface area contributed by atoms with Crippen molar-refractivity contribution in [1.82, 2.24) is 0 Å². The Morgan fingerprint density at radius 1 is 1.15 bits per heavy atom. The number of nitrogens with one attached hydrogen (secondary N) is 1. The van der Waals surface area contributed by atoms with E-state index in [9.17, 15) is 9.59 Å². The van der Waals surface area contributed by atoms with Crippen LogP contribution in [0.25, 0.3) is 0 Å². The molecule has 26 heavy (non-hydrogen) atoms. The molecule has 1 unspecified atom stereocenters. The Morgan fingerprint density at radius 3 is 2.38 bits per heavy atom. The molecule has 0 spiro atoms. The van der Waals surface area contributed by atoms with Crippen LogP contribution in [0.4, 0.5) is 11.4 Å². The largest absolute Gasteiger partial charge is 0.326 e. The number of hydrogen-bond donors (Lipinski definition) is 1. The SMILES string of the molecule is CCc1ccc(N2C(=O)CSC2c2ccc(NC(=O)C(C)C)cc2)cc1. The maximum atomic E-state index is 12.4. The molecule has 3 rings (SSSR count). The molecule has 1 aliphatic rings. The Morgan fingerprint density at radius 2 is 1.81 bits per heavy atom. The monoisotopic (exact) mass is 368 g/mol. The summed E-state index contributed by atoms with van der Waals surface area (Å²) in [7, 11) is 0. The summed E-state index contributed by atoms with van der Waals surface area (Å²) in [5.41, 5.74) is 4.03. The van der Waals surface area contributed by atoms with Crippen molar-refractivity contribution in [3.8, 4) is 0 Å². The van der Waals surface area contributed by atoms with Gasteiger partial charge < -0.3 is 5.32 Å². The summed E-state index contributed by atoms with van der Waals surface area (Å²) in [6.45, 7) is 5.85. The molecule has 1 heterocycles. The van der Waals surface area contributed by atoms with E-state index >= 15 is 0 Å². The molecule has 0 aliphatic carbocycles. The molecule has 1 aliphatic heterocycles. The lowest BCUT2D eigenvalue weighted by Gasteiger charge is -2.24. The van der Waals surface area contributed by atoms with E-state index in [1.807, 2.05) is 55.1 Å². The van der Waals surface area contributed by atoms with Gasteiger partial charge in [-0.05, 0) is 41.8 Å². The Labute approximate surface area is 159 Å². The summed E-state index contributed by atoms with van der Waals surface area (Å²) in [6, 6.07) is 16.0. The molecule has 136 valence electrons. The van der Waals surface area contributed by atoms with Crippen LogP contribution in [0.15, 0.2) is 48.5 Å². The Hall–Kier alpha value is -2.27. The van der Waals surface area contributed by atoms with Gasteiger partial charge in [0.2, 0.25) is 11.8 Å². The van der Waals surface area contributed by atoms with Crippen LogP contribution in [0.2, 0.25) is 0 Å². The number of carbonyl (C=O) groups is 2. The van der Waals surface area contributed by atoms with E-state index in [1.54, 1.807) is 11.8 Å². The average molecular weight is 369 g/mol. The number of anilines is 2. The number of hydrogen-bond acceptors (Lipinski definition) is 3. The zero-order chi connectivity index (χ0) is 18.7. The highest BCUT2D eigenvalue weighted by atomic mass is 32.2. The van der Waals surface area contributed by atoms with Crippen molar-refractivity contribution in [3.63, 3.8) is 0 Å². The van der Waals surface area contributed by atoms with Crippen molar-refractivity contribution in [2.75, 3.05) is 16.0 Å². The smallest absolute Gasteiger partial charge is 0.238 e. The average Bonchev–Trinajstić information content (AvgIpc) is 3.04. The highest BCUT2D eigenvalue weighted by Crippen LogP contribution is 2.42. The van der Waals surface area contributed by atoms with Gasteiger partial charge in [0.1, 0.15) is 5.37 Å². The quantitative estimate of drug-likeness (QED) is 0.838. The van der Waals surface area contributed by atoms with E-state index in [-0.39, 0.29) is 23.1 Å². The van der Waals surface area contributed by atoms with E-state index in [0.29, 0.717) is 5.75 Å². The molecule has 5 heteroatoms. The summed E-state index contributed by atoms with van der Waals surface area (Å²) in [4.78, 5) is 26.1. The molecule has 0 bridgehead atoms. The zero-order valence-corrected chi connectivity index (χ0v) is 16.2. The minimum atomic E-state index is -0.0562. The third kappa shape index (κ3) is 3.93. The lowest BCUT2D eigenvalue weighted by molar-refractivity contribution is -0.119. The predicted molar refractivity (Wildman–Crippen MR) is 108 cm³/mol. The van der Waals surface area contributed by atoms with E-state index in [0.717, 1.165) is 23.4 Å². The van der Waals surface area contributed by atoms with Gasteiger partial charge in [-0.3, -0.25) is 14.5 Å². The zero-order valence-electron chi connectivity index (χ0n) is 15.4. The molecule has 0 saturated carbocycles. The first kappa shape index (κ1) is 18.5. The van der Waals surface area contributed by atoms with Crippen molar-refractivity contribution < 1.29 is 9.59 Å². The Bertz CT molecular complexity index is 785. The molecule has 1 N–H and O–H groups in total. The number of rotatable bonds is 5. The fourth-order valence-corrected chi connectivity index (χ4v) is 4.04. The molecular formula is C21H24N2O2S. The second kappa shape index (κ2) is 7.96. The van der Waals surface area contributed by atoms with Gasteiger partial charge >= 0.3 is 0 Å². The molecule has 1 saturated heterocycles. The van der Waals surface area contributed by atoms with E-state index in [4.69, 9.17) is 0 Å². The van der Waals surface area contributed by atoms with Gasteiger partial charge in [-0.2, -0.15) is 0 Å². The van der Waals surface area contributed by atoms with Crippen molar-refractivity contribution >= 4 is 35.0 Å². The van der Waals surface area contributed by atoms with Crippen LogP contribution in [0.5, 0.6) is 0 Å². The number of thioether (sulfide) groups is 1. The molecule has 4 nitrogen and oxygen atoms in total. The minimum absolute atomic E-state index is 0.000750. The van der Waals surface area contributed by atoms with Crippen molar-refractivity contribution in [2.45, 2.75) is 32.6 Å². The van der Waals surface area contributed by atoms with Gasteiger partial charge in [0, 0.05) is 17.3 Å². The highest BCUT2D eigenvalue weighted by molar-refractivity contribution is 8.00. The number of benzene rings is 2. The summed E-state index contributed by atoms with van der Waals surface area (Å²) < 4.78 is 0. The van der Waals surface area contributed by atoms with Crippen LogP contribution in [-0.2, 0) is 16.0 Å². The Balaban J connectivity index is 1.80. The van der Waals surface area contributed by atoms with E-state index in [2.05, 4.69) is 24.4 Å². The molecule has 0 aromatic heterocycles. The highest BCUT2D eigenvalue weighted by Gasteiger charge is 2.33. The van der Waals surface area contributed by atoms with Gasteiger partial charge in [-0.25, -0.2) is 0 Å². The topological polar surface area (TPSA) is 49.4 Å². The molecular weight excluding hydrogens is 344 g/mol. The van der Waals surface area contributed by atoms with Gasteiger partial charge in [0.15, 0.2) is 0 Å². The fraction of sp³-hybridized carbons (Fsp3) is 0.333. The standard InChI is InChI=1S/C21H24N2O2S/c1-4-15-5-11-18(12-6-15)23-19(24)13-26-21(23)16-7-9-17(10-8-16)22-20(25)14(2)3/h5-12,14,21H,4,13H2,1-3H3,(H,22,25). The summed E-state index contributed by atoms with van der Waals surface area (Å²) in [5, 5.41) is 2.86. The third-order valence-corrected chi connectivity index (χ3v) is 5.69. The maximum absolute atomic E-state index is 12.4. The van der Waals surface area contributed by atoms with Crippen LogP contribution in [0.3, 0.4) is 0 Å². The van der Waals surface area contributed by atoms with Gasteiger partial charge in [0.25, 0.3) is 0 Å². The predicted octanol–water partition coefficient (Wildman–Crippen LogP) is 4.62. The first-order valence-electron chi connectivity index (χ1n) is 8.93. The normalized spacial score (nSPS) is 17.0. The first-order chi connectivity index (χ1) is 12.5. The molecule has 2 aromatic carbocycles. The third-order valence-electron chi connectivity index (χ3n) is 4.48. The Kier molecular flexibility index (Phi) is 5.67. The summed E-state index contributed by atoms with van der Waals surface area (Å²) in [6.07, 6.45) is 0.982. The number of aryl methyl sites for hydroxylation is 1. The van der Waals surface area contributed by atoms with E-state index in [1.165, 1.54) is 5.56 Å². The van der Waals surface area contributed by atoms with Crippen LogP contribution in [0.1, 0.15) is 37.3 Å². The molecule has 1 fully saturated rings. The lowest BCUT2D eigenvalue weighted by Crippen LogP contribution is -2.27.